The molecule has 1 amide bonds. The van der Waals surface area contributed by atoms with E-state index in [-0.39, 0.29) is 12.2 Å². The third kappa shape index (κ3) is 2.94. The topological polar surface area (TPSA) is 55.4 Å². The van der Waals surface area contributed by atoms with Crippen molar-refractivity contribution in [3.63, 3.8) is 0 Å². The first-order chi connectivity index (χ1) is 13.9. The van der Waals surface area contributed by atoms with Crippen LogP contribution in [0.25, 0.3) is 11.1 Å². The third-order valence-electron chi connectivity index (χ3n) is 5.32. The number of fused-ring (bicyclic) bond motifs is 1. The van der Waals surface area contributed by atoms with Gasteiger partial charge in [-0.3, -0.25) is 9.59 Å². The number of nitrogens with one attached hydrogen (secondary N) is 1. The third-order valence-corrected chi connectivity index (χ3v) is 6.64. The van der Waals surface area contributed by atoms with E-state index in [1.165, 1.54) is 18.2 Å². The lowest BCUT2D eigenvalue weighted by atomic mass is 9.69. The first-order valence-corrected chi connectivity index (χ1v) is 10.2. The van der Waals surface area contributed by atoms with Crippen molar-refractivity contribution in [1.29, 1.82) is 0 Å². The minimum atomic E-state index is -1.51. The van der Waals surface area contributed by atoms with E-state index in [4.69, 9.17) is 16.3 Å². The van der Waals surface area contributed by atoms with Gasteiger partial charge in [-0.15, -0.1) is 11.3 Å². The molecule has 0 radical (unpaired) electrons. The number of ketones is 1. The normalized spacial score (nSPS) is 18.3. The van der Waals surface area contributed by atoms with Gasteiger partial charge in [0, 0.05) is 5.56 Å². The molecule has 3 aromatic rings. The molecule has 1 aromatic heterocycles. The van der Waals surface area contributed by atoms with Crippen molar-refractivity contribution < 1.29 is 18.7 Å². The summed E-state index contributed by atoms with van der Waals surface area (Å²) < 4.78 is 19.5. The summed E-state index contributed by atoms with van der Waals surface area (Å²) in [6.45, 7) is 1.74. The van der Waals surface area contributed by atoms with Gasteiger partial charge in [-0.2, -0.15) is 0 Å². The Balaban J connectivity index is 1.92. The van der Waals surface area contributed by atoms with Crippen LogP contribution in [-0.4, -0.2) is 18.8 Å². The summed E-state index contributed by atoms with van der Waals surface area (Å²) in [5, 5.41) is 3.24. The summed E-state index contributed by atoms with van der Waals surface area (Å²) >= 11 is 7.63. The van der Waals surface area contributed by atoms with E-state index < -0.39 is 17.1 Å². The summed E-state index contributed by atoms with van der Waals surface area (Å²) in [6.07, 6.45) is 0.191. The molecule has 2 heterocycles. The molecule has 0 bridgehead atoms. The molecule has 2 aromatic carbocycles. The van der Waals surface area contributed by atoms with Crippen molar-refractivity contribution in [3.05, 3.63) is 69.8 Å². The largest absolute Gasteiger partial charge is 0.497 e. The lowest BCUT2D eigenvalue weighted by Gasteiger charge is -2.34. The number of methoxy groups -OCH3 is 1. The molecule has 7 heteroatoms. The van der Waals surface area contributed by atoms with Crippen molar-refractivity contribution in [2.45, 2.75) is 18.8 Å². The summed E-state index contributed by atoms with van der Waals surface area (Å²) in [7, 11) is 1.57. The number of ether oxygens (including phenoxy) is 1. The molecule has 148 valence electrons. The highest BCUT2D eigenvalue weighted by Crippen LogP contribution is 2.50. The molecule has 0 spiro atoms. The van der Waals surface area contributed by atoms with E-state index in [1.807, 2.05) is 12.1 Å². The predicted octanol–water partition coefficient (Wildman–Crippen LogP) is 5.70. The highest BCUT2D eigenvalue weighted by atomic mass is 35.5. The Morgan fingerprint density at radius 2 is 1.86 bits per heavy atom. The molecule has 0 saturated carbocycles. The average molecular weight is 430 g/mol. The lowest BCUT2D eigenvalue weighted by Crippen LogP contribution is -2.50. The maximum absolute atomic E-state index is 13.9. The van der Waals surface area contributed by atoms with Crippen LogP contribution in [-0.2, 0) is 10.2 Å². The molecule has 1 atom stereocenters. The van der Waals surface area contributed by atoms with Gasteiger partial charge in [0.25, 0.3) is 0 Å². The van der Waals surface area contributed by atoms with Gasteiger partial charge in [0.1, 0.15) is 26.3 Å². The number of rotatable bonds is 4. The number of anilines is 1. The summed E-state index contributed by atoms with van der Waals surface area (Å²) in [6, 6.07) is 12.8. The van der Waals surface area contributed by atoms with Crippen LogP contribution >= 0.6 is 22.9 Å². The number of thiophene rings is 1. The van der Waals surface area contributed by atoms with E-state index in [0.717, 1.165) is 16.9 Å². The van der Waals surface area contributed by atoms with Gasteiger partial charge in [0.15, 0.2) is 5.78 Å². The SMILES string of the molecule is CCC1(c2cccc(F)c2)C(=O)Nc2sc(Cl)c(-c3ccc(OC)cc3)c2C1=O. The van der Waals surface area contributed by atoms with Crippen molar-refractivity contribution in [3.8, 4) is 16.9 Å². The molecule has 4 nitrogen and oxygen atoms in total. The highest BCUT2D eigenvalue weighted by Gasteiger charge is 2.52. The average Bonchev–Trinajstić information content (AvgIpc) is 3.04. The van der Waals surface area contributed by atoms with Crippen molar-refractivity contribution >= 4 is 39.6 Å². The monoisotopic (exact) mass is 429 g/mol. The van der Waals surface area contributed by atoms with E-state index >= 15 is 0 Å². The molecule has 0 aliphatic carbocycles. The van der Waals surface area contributed by atoms with E-state index in [9.17, 15) is 14.0 Å². The minimum absolute atomic E-state index is 0.191. The Morgan fingerprint density at radius 1 is 1.14 bits per heavy atom. The van der Waals surface area contributed by atoms with Crippen LogP contribution in [0.2, 0.25) is 4.34 Å². The van der Waals surface area contributed by atoms with Crippen LogP contribution in [0, 0.1) is 5.82 Å². The fourth-order valence-corrected chi connectivity index (χ4v) is 5.17. The molecule has 0 saturated heterocycles. The number of hydrogen-bond donors (Lipinski definition) is 1. The maximum atomic E-state index is 13.9. The second kappa shape index (κ2) is 7.28. The van der Waals surface area contributed by atoms with Gasteiger partial charge in [-0.1, -0.05) is 42.8 Å². The molecule has 1 N–H and O–H groups in total. The number of hydrogen-bond acceptors (Lipinski definition) is 4. The van der Waals surface area contributed by atoms with E-state index in [0.29, 0.717) is 31.8 Å². The Hall–Kier alpha value is -2.70. The highest BCUT2D eigenvalue weighted by molar-refractivity contribution is 7.21. The Kier molecular flexibility index (Phi) is 4.92. The molecule has 1 aliphatic heterocycles. The first kappa shape index (κ1) is 19.6. The molecule has 1 aliphatic rings. The van der Waals surface area contributed by atoms with Crippen molar-refractivity contribution in [1.82, 2.24) is 0 Å². The molecule has 29 heavy (non-hydrogen) atoms. The van der Waals surface area contributed by atoms with Crippen molar-refractivity contribution in [2.75, 3.05) is 12.4 Å². The number of Topliss-reactive ketones (excluding diaryl/α,β-unsaturated/α-hetero) is 1. The van der Waals surface area contributed by atoms with E-state index in [2.05, 4.69) is 5.32 Å². The molecule has 4 rings (SSSR count). The number of benzene rings is 2. The summed E-state index contributed by atoms with van der Waals surface area (Å²) in [5.41, 5.74) is 0.475. The quantitative estimate of drug-likeness (QED) is 0.541. The van der Waals surface area contributed by atoms with Crippen LogP contribution in [0.15, 0.2) is 48.5 Å². The second-order valence-corrected chi connectivity index (χ2v) is 8.36. The Bertz CT molecular complexity index is 1130. The number of halogens is 2. The fourth-order valence-electron chi connectivity index (χ4n) is 3.79. The first-order valence-electron chi connectivity index (χ1n) is 9.01. The van der Waals surface area contributed by atoms with Crippen LogP contribution < -0.4 is 10.1 Å². The number of amides is 1. The molecule has 1 unspecified atom stereocenters. The summed E-state index contributed by atoms with van der Waals surface area (Å²) in [5.74, 6) is -0.669. The zero-order valence-corrected chi connectivity index (χ0v) is 17.3. The number of carbonyl (C=O) groups is 2. The fraction of sp³-hybridized carbons (Fsp3) is 0.182. The Morgan fingerprint density at radius 3 is 2.48 bits per heavy atom. The zero-order chi connectivity index (χ0) is 20.8. The smallest absolute Gasteiger partial charge is 0.243 e. The van der Waals surface area contributed by atoms with E-state index in [1.54, 1.807) is 32.2 Å². The van der Waals surface area contributed by atoms with Gasteiger partial charge in [0.2, 0.25) is 5.91 Å². The number of carbonyl (C=O) groups excluding carboxylic acids is 2. The van der Waals surface area contributed by atoms with Gasteiger partial charge >= 0.3 is 0 Å². The standard InChI is InChI=1S/C22H17ClFNO3S/c1-3-22(13-5-4-6-14(24)11-13)18(26)17-16(12-7-9-15(28-2)10-8-12)19(23)29-20(17)25-21(22)27/h4-11H,3H2,1-2H3,(H,25,27). The predicted molar refractivity (Wildman–Crippen MR) is 113 cm³/mol. The van der Waals surface area contributed by atoms with Crippen LogP contribution in [0.1, 0.15) is 29.3 Å². The van der Waals surface area contributed by atoms with Crippen LogP contribution in [0.3, 0.4) is 0 Å². The zero-order valence-electron chi connectivity index (χ0n) is 15.7. The molecule has 0 fully saturated rings. The van der Waals surface area contributed by atoms with Gasteiger partial charge in [-0.05, 0) is 41.8 Å². The summed E-state index contributed by atoms with van der Waals surface area (Å²) in [4.78, 5) is 26.8. The second-order valence-electron chi connectivity index (χ2n) is 6.74. The van der Waals surface area contributed by atoms with Gasteiger partial charge in [0.05, 0.1) is 12.7 Å². The lowest BCUT2D eigenvalue weighted by molar-refractivity contribution is -0.120. The van der Waals surface area contributed by atoms with Gasteiger partial charge < -0.3 is 10.1 Å². The maximum Gasteiger partial charge on any atom is 0.243 e. The van der Waals surface area contributed by atoms with Crippen LogP contribution in [0.5, 0.6) is 5.75 Å². The van der Waals surface area contributed by atoms with Gasteiger partial charge in [-0.25, -0.2) is 4.39 Å². The minimum Gasteiger partial charge on any atom is -0.497 e. The molecular weight excluding hydrogens is 413 g/mol. The van der Waals surface area contributed by atoms with Crippen molar-refractivity contribution in [2.24, 2.45) is 0 Å². The van der Waals surface area contributed by atoms with Crippen LogP contribution in [0.4, 0.5) is 9.39 Å². The Labute approximate surface area is 176 Å². The molecular formula is C22H17ClFNO3S.